The molecular weight excluding hydrogens is 258 g/mol. The van der Waals surface area contributed by atoms with Gasteiger partial charge in [0.15, 0.2) is 0 Å². The second-order valence-electron chi connectivity index (χ2n) is 4.09. The Kier molecular flexibility index (Phi) is 3.04. The molecule has 0 unspecified atom stereocenters. The van der Waals surface area contributed by atoms with Crippen LogP contribution >= 0.6 is 0 Å². The minimum atomic E-state index is -0.177. The topological polar surface area (TPSA) is 81.0 Å². The van der Waals surface area contributed by atoms with Gasteiger partial charge in [-0.05, 0) is 30.3 Å². The van der Waals surface area contributed by atoms with Crippen LogP contribution < -0.4 is 10.3 Å². The Labute approximate surface area is 114 Å². The Hall–Kier alpha value is -2.89. The molecule has 0 fully saturated rings. The molecule has 0 saturated carbocycles. The third-order valence-corrected chi connectivity index (χ3v) is 2.81. The summed E-state index contributed by atoms with van der Waals surface area (Å²) >= 11 is 0. The van der Waals surface area contributed by atoms with Crippen LogP contribution in [0.4, 0.5) is 0 Å². The zero-order chi connectivity index (χ0) is 13.9. The standard InChI is InChI=1S/C14H11N3O3/c1-19-11-5-2-9(3-6-11)13-16-14(20-17-13)10-4-7-12(18)15-8-10/h2-8H,1H3,(H,15,18). The fourth-order valence-electron chi connectivity index (χ4n) is 1.74. The number of aromatic nitrogens is 3. The number of aromatic amines is 1. The molecule has 0 aliphatic heterocycles. The molecule has 100 valence electrons. The summed E-state index contributed by atoms with van der Waals surface area (Å²) in [5, 5.41) is 3.92. The summed E-state index contributed by atoms with van der Waals surface area (Å²) in [6.45, 7) is 0. The van der Waals surface area contributed by atoms with Crippen LogP contribution in [0.3, 0.4) is 0 Å². The average Bonchev–Trinajstić information content (AvgIpc) is 2.98. The van der Waals surface area contributed by atoms with Crippen LogP contribution in [0.1, 0.15) is 0 Å². The van der Waals surface area contributed by atoms with E-state index < -0.39 is 0 Å². The van der Waals surface area contributed by atoms with Crippen molar-refractivity contribution < 1.29 is 9.26 Å². The van der Waals surface area contributed by atoms with Crippen molar-refractivity contribution in [1.29, 1.82) is 0 Å². The summed E-state index contributed by atoms with van der Waals surface area (Å²) in [5.74, 6) is 1.60. The highest BCUT2D eigenvalue weighted by atomic mass is 16.5. The third kappa shape index (κ3) is 2.31. The number of H-pyrrole nitrogens is 1. The van der Waals surface area contributed by atoms with E-state index in [2.05, 4.69) is 15.1 Å². The van der Waals surface area contributed by atoms with Crippen molar-refractivity contribution in [1.82, 2.24) is 15.1 Å². The summed E-state index contributed by atoms with van der Waals surface area (Å²) < 4.78 is 10.3. The molecule has 0 aliphatic carbocycles. The number of hydrogen-bond acceptors (Lipinski definition) is 5. The van der Waals surface area contributed by atoms with Crippen molar-refractivity contribution in [2.24, 2.45) is 0 Å². The predicted octanol–water partition coefficient (Wildman–Crippen LogP) is 2.10. The van der Waals surface area contributed by atoms with E-state index >= 15 is 0 Å². The van der Waals surface area contributed by atoms with Gasteiger partial charge in [0.2, 0.25) is 11.4 Å². The van der Waals surface area contributed by atoms with Gasteiger partial charge in [0.05, 0.1) is 12.7 Å². The van der Waals surface area contributed by atoms with Crippen molar-refractivity contribution in [3.63, 3.8) is 0 Å². The second-order valence-corrected chi connectivity index (χ2v) is 4.09. The van der Waals surface area contributed by atoms with Gasteiger partial charge in [0, 0.05) is 17.8 Å². The molecule has 2 aromatic heterocycles. The zero-order valence-electron chi connectivity index (χ0n) is 10.7. The maximum absolute atomic E-state index is 11.0. The largest absolute Gasteiger partial charge is 0.497 e. The van der Waals surface area contributed by atoms with Crippen molar-refractivity contribution >= 4 is 0 Å². The molecule has 3 rings (SSSR count). The number of hydrogen-bond donors (Lipinski definition) is 1. The second kappa shape index (κ2) is 5.00. The van der Waals surface area contributed by atoms with Crippen LogP contribution in [0, 0.1) is 0 Å². The van der Waals surface area contributed by atoms with Gasteiger partial charge in [-0.2, -0.15) is 4.98 Å². The molecule has 0 atom stereocenters. The maximum atomic E-state index is 11.0. The highest BCUT2D eigenvalue weighted by Crippen LogP contribution is 2.22. The molecule has 0 radical (unpaired) electrons. The highest BCUT2D eigenvalue weighted by molar-refractivity contribution is 5.59. The Morgan fingerprint density at radius 1 is 1.10 bits per heavy atom. The molecule has 2 heterocycles. The van der Waals surface area contributed by atoms with Crippen LogP contribution in [-0.2, 0) is 0 Å². The molecule has 0 aliphatic rings. The van der Waals surface area contributed by atoms with Gasteiger partial charge in [-0.3, -0.25) is 4.79 Å². The monoisotopic (exact) mass is 269 g/mol. The molecule has 1 N–H and O–H groups in total. The predicted molar refractivity (Wildman–Crippen MR) is 72.3 cm³/mol. The van der Waals surface area contributed by atoms with Gasteiger partial charge in [-0.15, -0.1) is 0 Å². The minimum Gasteiger partial charge on any atom is -0.497 e. The van der Waals surface area contributed by atoms with Crippen molar-refractivity contribution in [2.45, 2.75) is 0 Å². The SMILES string of the molecule is COc1ccc(-c2noc(-c3ccc(=O)[nH]c3)n2)cc1. The van der Waals surface area contributed by atoms with Gasteiger partial charge in [0.25, 0.3) is 5.89 Å². The molecular formula is C14H11N3O3. The van der Waals surface area contributed by atoms with E-state index in [1.165, 1.54) is 12.3 Å². The molecule has 0 amide bonds. The molecule has 6 nitrogen and oxygen atoms in total. The van der Waals surface area contributed by atoms with Crippen molar-refractivity contribution in [3.8, 4) is 28.6 Å². The first-order valence-corrected chi connectivity index (χ1v) is 5.93. The number of nitrogens with one attached hydrogen (secondary N) is 1. The lowest BCUT2D eigenvalue weighted by Gasteiger charge is -1.98. The summed E-state index contributed by atoms with van der Waals surface area (Å²) in [4.78, 5) is 17.9. The normalized spacial score (nSPS) is 10.4. The van der Waals surface area contributed by atoms with Crippen molar-refractivity contribution in [2.75, 3.05) is 7.11 Å². The number of ether oxygens (including phenoxy) is 1. The van der Waals surface area contributed by atoms with Crippen LogP contribution in [0.5, 0.6) is 5.75 Å². The van der Waals surface area contributed by atoms with E-state index in [0.717, 1.165) is 11.3 Å². The molecule has 0 bridgehead atoms. The molecule has 3 aromatic rings. The van der Waals surface area contributed by atoms with Crippen LogP contribution in [0.25, 0.3) is 22.8 Å². The molecule has 20 heavy (non-hydrogen) atoms. The van der Waals surface area contributed by atoms with E-state index in [1.54, 1.807) is 13.2 Å². The Morgan fingerprint density at radius 2 is 1.85 bits per heavy atom. The Morgan fingerprint density at radius 3 is 2.50 bits per heavy atom. The van der Waals surface area contributed by atoms with Crippen LogP contribution in [-0.4, -0.2) is 22.2 Å². The van der Waals surface area contributed by atoms with Gasteiger partial charge in [-0.25, -0.2) is 0 Å². The fraction of sp³-hybridized carbons (Fsp3) is 0.0714. The number of rotatable bonds is 3. The average molecular weight is 269 g/mol. The fourth-order valence-corrected chi connectivity index (χ4v) is 1.74. The van der Waals surface area contributed by atoms with Crippen molar-refractivity contribution in [3.05, 3.63) is 52.9 Å². The number of pyridine rings is 1. The van der Waals surface area contributed by atoms with E-state index in [0.29, 0.717) is 17.3 Å². The Balaban J connectivity index is 1.92. The quantitative estimate of drug-likeness (QED) is 0.787. The van der Waals surface area contributed by atoms with Gasteiger partial charge < -0.3 is 14.2 Å². The lowest BCUT2D eigenvalue weighted by molar-refractivity contribution is 0.415. The van der Waals surface area contributed by atoms with Crippen LogP contribution in [0.2, 0.25) is 0 Å². The first-order valence-electron chi connectivity index (χ1n) is 5.93. The summed E-state index contributed by atoms with van der Waals surface area (Å²) in [5.41, 5.74) is 1.31. The van der Waals surface area contributed by atoms with E-state index in [1.807, 2.05) is 24.3 Å². The van der Waals surface area contributed by atoms with Gasteiger partial charge >= 0.3 is 0 Å². The lowest BCUT2D eigenvalue weighted by Crippen LogP contribution is -2.01. The molecule has 0 saturated heterocycles. The van der Waals surface area contributed by atoms with E-state index in [4.69, 9.17) is 9.26 Å². The molecule has 1 aromatic carbocycles. The molecule has 0 spiro atoms. The Bertz CT molecular complexity index is 754. The van der Waals surface area contributed by atoms with Gasteiger partial charge in [0.1, 0.15) is 5.75 Å². The number of benzene rings is 1. The highest BCUT2D eigenvalue weighted by Gasteiger charge is 2.10. The summed E-state index contributed by atoms with van der Waals surface area (Å²) in [6.07, 6.45) is 1.54. The summed E-state index contributed by atoms with van der Waals surface area (Å²) in [6, 6.07) is 10.4. The first-order chi connectivity index (χ1) is 9.76. The maximum Gasteiger partial charge on any atom is 0.259 e. The number of nitrogens with zero attached hydrogens (tertiary/aromatic N) is 2. The van der Waals surface area contributed by atoms with E-state index in [9.17, 15) is 4.79 Å². The minimum absolute atomic E-state index is 0.177. The number of methoxy groups -OCH3 is 1. The van der Waals surface area contributed by atoms with Crippen LogP contribution in [0.15, 0.2) is 51.9 Å². The van der Waals surface area contributed by atoms with Gasteiger partial charge in [-0.1, -0.05) is 5.16 Å². The zero-order valence-corrected chi connectivity index (χ0v) is 10.7. The molecule has 6 heteroatoms. The third-order valence-electron chi connectivity index (χ3n) is 2.81. The smallest absolute Gasteiger partial charge is 0.259 e. The summed E-state index contributed by atoms with van der Waals surface area (Å²) in [7, 11) is 1.61. The first kappa shape index (κ1) is 12.2. The lowest BCUT2D eigenvalue weighted by atomic mass is 10.2. The van der Waals surface area contributed by atoms with E-state index in [-0.39, 0.29) is 5.56 Å².